The number of anilines is 1. The molecule has 3 rings (SSSR count). The lowest BCUT2D eigenvalue weighted by atomic mass is 10.2. The van der Waals surface area contributed by atoms with Gasteiger partial charge in [0, 0.05) is 16.7 Å². The summed E-state index contributed by atoms with van der Waals surface area (Å²) in [7, 11) is 0. The van der Waals surface area contributed by atoms with Gasteiger partial charge in [0.15, 0.2) is 4.34 Å². The van der Waals surface area contributed by atoms with Gasteiger partial charge in [-0.05, 0) is 42.2 Å². The predicted octanol–water partition coefficient (Wildman–Crippen LogP) is 5.39. The molecule has 0 aliphatic rings. The summed E-state index contributed by atoms with van der Waals surface area (Å²) in [6, 6.07) is 14.7. The van der Waals surface area contributed by atoms with Crippen molar-refractivity contribution in [2.24, 2.45) is 0 Å². The molecule has 102 valence electrons. The van der Waals surface area contributed by atoms with Crippen molar-refractivity contribution in [2.75, 3.05) is 11.6 Å². The first-order chi connectivity index (χ1) is 9.74. The third-order valence-electron chi connectivity index (χ3n) is 2.93. The Labute approximate surface area is 134 Å². The van der Waals surface area contributed by atoms with Crippen LogP contribution in [0.5, 0.6) is 0 Å². The Kier molecular flexibility index (Phi) is 4.29. The average molecular weight is 365 g/mol. The van der Waals surface area contributed by atoms with Gasteiger partial charge < -0.3 is 5.32 Å². The monoisotopic (exact) mass is 364 g/mol. The summed E-state index contributed by atoms with van der Waals surface area (Å²) in [4.78, 5) is 4.55. The fraction of sp³-hybridized carbons (Fsp3) is 0.133. The predicted molar refractivity (Wildman–Crippen MR) is 92.9 cm³/mol. The van der Waals surface area contributed by atoms with Gasteiger partial charge in [-0.1, -0.05) is 39.8 Å². The fourth-order valence-electron chi connectivity index (χ4n) is 1.95. The SMILES string of the molecule is CSc1nc2ccc(NCc3cccc(Br)c3)cc2s1. The van der Waals surface area contributed by atoms with Crippen molar-refractivity contribution in [1.82, 2.24) is 4.98 Å². The van der Waals surface area contributed by atoms with Gasteiger partial charge in [0.25, 0.3) is 0 Å². The van der Waals surface area contributed by atoms with Crippen molar-refractivity contribution >= 4 is 54.9 Å². The van der Waals surface area contributed by atoms with E-state index in [1.54, 1.807) is 23.1 Å². The highest BCUT2D eigenvalue weighted by Crippen LogP contribution is 2.30. The zero-order valence-corrected chi connectivity index (χ0v) is 14.1. The maximum Gasteiger partial charge on any atom is 0.150 e. The van der Waals surface area contributed by atoms with Crippen molar-refractivity contribution in [2.45, 2.75) is 10.9 Å². The standard InChI is InChI=1S/C15H13BrN2S2/c1-19-15-18-13-6-5-12(8-14(13)20-15)17-9-10-3-2-4-11(16)7-10/h2-8,17H,9H2,1H3. The van der Waals surface area contributed by atoms with Crippen LogP contribution in [0.15, 0.2) is 51.3 Å². The third-order valence-corrected chi connectivity index (χ3v) is 5.43. The number of halogens is 1. The molecule has 0 unspecified atom stereocenters. The summed E-state index contributed by atoms with van der Waals surface area (Å²) in [5, 5.41) is 3.46. The fourth-order valence-corrected chi connectivity index (χ4v) is 3.93. The van der Waals surface area contributed by atoms with Crippen molar-refractivity contribution in [3.05, 3.63) is 52.5 Å². The van der Waals surface area contributed by atoms with Crippen molar-refractivity contribution in [3.63, 3.8) is 0 Å². The van der Waals surface area contributed by atoms with Crippen LogP contribution in [0.25, 0.3) is 10.2 Å². The van der Waals surface area contributed by atoms with Crippen LogP contribution in [-0.4, -0.2) is 11.2 Å². The molecule has 20 heavy (non-hydrogen) atoms. The number of aromatic nitrogens is 1. The van der Waals surface area contributed by atoms with Crippen LogP contribution in [0.4, 0.5) is 5.69 Å². The molecule has 0 aliphatic heterocycles. The van der Waals surface area contributed by atoms with Gasteiger partial charge in [-0.2, -0.15) is 0 Å². The van der Waals surface area contributed by atoms with E-state index in [0.29, 0.717) is 0 Å². The van der Waals surface area contributed by atoms with Gasteiger partial charge in [0.1, 0.15) is 0 Å². The second kappa shape index (κ2) is 6.16. The Morgan fingerprint density at radius 1 is 1.25 bits per heavy atom. The zero-order chi connectivity index (χ0) is 13.9. The Morgan fingerprint density at radius 3 is 2.95 bits per heavy atom. The van der Waals surface area contributed by atoms with E-state index >= 15 is 0 Å². The molecule has 0 saturated heterocycles. The molecule has 0 spiro atoms. The Morgan fingerprint density at radius 2 is 2.15 bits per heavy atom. The summed E-state index contributed by atoms with van der Waals surface area (Å²) < 4.78 is 3.46. The van der Waals surface area contributed by atoms with Gasteiger partial charge >= 0.3 is 0 Å². The van der Waals surface area contributed by atoms with E-state index < -0.39 is 0 Å². The maximum atomic E-state index is 4.55. The van der Waals surface area contributed by atoms with E-state index in [0.717, 1.165) is 26.6 Å². The molecule has 2 nitrogen and oxygen atoms in total. The van der Waals surface area contributed by atoms with Gasteiger partial charge in [0.2, 0.25) is 0 Å². The largest absolute Gasteiger partial charge is 0.381 e. The zero-order valence-electron chi connectivity index (χ0n) is 10.9. The first-order valence-electron chi connectivity index (χ1n) is 6.17. The number of thioether (sulfide) groups is 1. The number of benzene rings is 2. The quantitative estimate of drug-likeness (QED) is 0.627. The number of rotatable bonds is 4. The van der Waals surface area contributed by atoms with E-state index in [9.17, 15) is 0 Å². The van der Waals surface area contributed by atoms with E-state index in [4.69, 9.17) is 0 Å². The minimum Gasteiger partial charge on any atom is -0.381 e. The Balaban J connectivity index is 1.77. The summed E-state index contributed by atoms with van der Waals surface area (Å²) >= 11 is 6.93. The van der Waals surface area contributed by atoms with E-state index in [-0.39, 0.29) is 0 Å². The summed E-state index contributed by atoms with van der Waals surface area (Å²) in [5.74, 6) is 0. The molecule has 5 heteroatoms. The minimum atomic E-state index is 0.819. The van der Waals surface area contributed by atoms with Gasteiger partial charge in [-0.3, -0.25) is 0 Å². The lowest BCUT2D eigenvalue weighted by Crippen LogP contribution is -1.98. The topological polar surface area (TPSA) is 24.9 Å². The number of hydrogen-bond donors (Lipinski definition) is 1. The van der Waals surface area contributed by atoms with E-state index in [2.05, 4.69) is 68.9 Å². The van der Waals surface area contributed by atoms with Crippen LogP contribution in [-0.2, 0) is 6.54 Å². The number of hydrogen-bond acceptors (Lipinski definition) is 4. The number of nitrogens with zero attached hydrogens (tertiary/aromatic N) is 1. The van der Waals surface area contributed by atoms with Gasteiger partial charge in [-0.15, -0.1) is 11.3 Å². The number of fused-ring (bicyclic) bond motifs is 1. The lowest BCUT2D eigenvalue weighted by Gasteiger charge is -2.06. The normalized spacial score (nSPS) is 10.9. The van der Waals surface area contributed by atoms with Crippen LogP contribution in [0, 0.1) is 0 Å². The molecule has 3 aromatic rings. The second-order valence-electron chi connectivity index (χ2n) is 4.35. The highest BCUT2D eigenvalue weighted by atomic mass is 79.9. The molecule has 0 atom stereocenters. The molecule has 1 N–H and O–H groups in total. The number of nitrogens with one attached hydrogen (secondary N) is 1. The molecule has 0 saturated carbocycles. The van der Waals surface area contributed by atoms with E-state index in [1.165, 1.54) is 10.3 Å². The van der Waals surface area contributed by atoms with Gasteiger partial charge in [-0.25, -0.2) is 4.98 Å². The van der Waals surface area contributed by atoms with Gasteiger partial charge in [0.05, 0.1) is 10.2 Å². The number of thiazole rings is 1. The van der Waals surface area contributed by atoms with E-state index in [1.807, 2.05) is 6.07 Å². The molecular formula is C15H13BrN2S2. The van der Waals surface area contributed by atoms with Crippen LogP contribution in [0.2, 0.25) is 0 Å². The Bertz CT molecular complexity index is 740. The molecule has 0 fully saturated rings. The third kappa shape index (κ3) is 3.16. The second-order valence-corrected chi connectivity index (χ2v) is 7.35. The molecule has 0 radical (unpaired) electrons. The summed E-state index contributed by atoms with van der Waals surface area (Å²) in [6.07, 6.45) is 2.06. The molecule has 1 aromatic heterocycles. The van der Waals surface area contributed by atoms with Crippen LogP contribution in [0.1, 0.15) is 5.56 Å². The Hall–Kier alpha value is -1.04. The molecule has 1 heterocycles. The van der Waals surface area contributed by atoms with Crippen molar-refractivity contribution < 1.29 is 0 Å². The molecule has 0 aliphatic carbocycles. The van der Waals surface area contributed by atoms with Crippen LogP contribution < -0.4 is 5.32 Å². The summed E-state index contributed by atoms with van der Waals surface area (Å²) in [5.41, 5.74) is 3.47. The molecule has 2 aromatic carbocycles. The van der Waals surface area contributed by atoms with Crippen LogP contribution in [0.3, 0.4) is 0 Å². The van der Waals surface area contributed by atoms with Crippen LogP contribution >= 0.6 is 39.0 Å². The van der Waals surface area contributed by atoms with Crippen molar-refractivity contribution in [1.29, 1.82) is 0 Å². The average Bonchev–Trinajstić information content (AvgIpc) is 2.87. The molecule has 0 amide bonds. The molecule has 0 bridgehead atoms. The first-order valence-corrected chi connectivity index (χ1v) is 9.01. The summed E-state index contributed by atoms with van der Waals surface area (Å²) in [6.45, 7) is 0.819. The molecular weight excluding hydrogens is 352 g/mol. The highest BCUT2D eigenvalue weighted by molar-refractivity contribution is 9.10. The smallest absolute Gasteiger partial charge is 0.150 e. The van der Waals surface area contributed by atoms with Crippen molar-refractivity contribution in [3.8, 4) is 0 Å². The lowest BCUT2D eigenvalue weighted by molar-refractivity contribution is 1.15. The maximum absolute atomic E-state index is 4.55. The highest BCUT2D eigenvalue weighted by Gasteiger charge is 2.03. The minimum absolute atomic E-state index is 0.819. The first kappa shape index (κ1) is 13.9.